The molecule has 0 unspecified atom stereocenters. The molecule has 0 aliphatic rings. The zero-order chi connectivity index (χ0) is 16.9. The van der Waals surface area contributed by atoms with Crippen LogP contribution in [0.15, 0.2) is 54.6 Å². The molecular weight excluding hydrogens is 332 g/mol. The predicted molar refractivity (Wildman–Crippen MR) is 88.1 cm³/mol. The average Bonchev–Trinajstić information content (AvgIpc) is 3.04. The summed E-state index contributed by atoms with van der Waals surface area (Å²) in [6.45, 7) is 0. The van der Waals surface area contributed by atoms with Crippen LogP contribution in [0.4, 0.5) is 15.6 Å². The number of amides is 1. The Bertz CT molecular complexity index is 865. The van der Waals surface area contributed by atoms with Crippen molar-refractivity contribution in [1.29, 1.82) is 0 Å². The highest BCUT2D eigenvalue weighted by Crippen LogP contribution is 2.27. The van der Waals surface area contributed by atoms with Gasteiger partial charge in [0.25, 0.3) is 5.69 Å². The molecular formula is C15H10N4O4S. The van der Waals surface area contributed by atoms with Crippen LogP contribution in [-0.2, 0) is 0 Å². The standard InChI is InChI=1S/C15H10N4O4S/c20-15(23-12-4-2-1-3-5-12)16-14-18-17-13(24-14)10-6-8-11(9-7-10)19(21)22/h1-9H,(H,16,18,20). The number of nitro benzene ring substituents is 1. The second-order valence-corrected chi connectivity index (χ2v) is 5.52. The largest absolute Gasteiger partial charge is 0.418 e. The number of nitrogens with one attached hydrogen (secondary N) is 1. The van der Waals surface area contributed by atoms with E-state index in [1.165, 1.54) is 12.1 Å². The van der Waals surface area contributed by atoms with Gasteiger partial charge in [0.1, 0.15) is 10.8 Å². The molecule has 8 nitrogen and oxygen atoms in total. The monoisotopic (exact) mass is 342 g/mol. The first-order valence-electron chi connectivity index (χ1n) is 6.74. The van der Waals surface area contributed by atoms with Crippen LogP contribution in [0.1, 0.15) is 0 Å². The number of aromatic nitrogens is 2. The van der Waals surface area contributed by atoms with Gasteiger partial charge in [0, 0.05) is 17.7 Å². The molecule has 1 heterocycles. The molecule has 0 bridgehead atoms. The lowest BCUT2D eigenvalue weighted by molar-refractivity contribution is -0.384. The van der Waals surface area contributed by atoms with Gasteiger partial charge in [-0.2, -0.15) is 0 Å². The number of ether oxygens (including phenoxy) is 1. The Labute approximate surface area is 139 Å². The SMILES string of the molecule is O=C(Nc1nnc(-c2ccc([N+](=O)[O-])cc2)s1)Oc1ccccc1. The Balaban J connectivity index is 1.67. The maximum Gasteiger partial charge on any atom is 0.418 e. The van der Waals surface area contributed by atoms with Crippen LogP contribution in [0.2, 0.25) is 0 Å². The minimum absolute atomic E-state index is 0.00643. The number of carbonyl (C=O) groups is 1. The molecule has 1 N–H and O–H groups in total. The molecule has 3 rings (SSSR count). The molecule has 2 aromatic carbocycles. The Hall–Kier alpha value is -3.33. The summed E-state index contributed by atoms with van der Waals surface area (Å²) in [5.74, 6) is 0.412. The van der Waals surface area contributed by atoms with E-state index < -0.39 is 11.0 Å². The van der Waals surface area contributed by atoms with Gasteiger partial charge in [-0.15, -0.1) is 10.2 Å². The molecule has 0 saturated carbocycles. The molecule has 1 amide bonds. The molecule has 0 fully saturated rings. The van der Waals surface area contributed by atoms with E-state index in [9.17, 15) is 14.9 Å². The Kier molecular flexibility index (Phi) is 4.43. The number of benzene rings is 2. The number of hydrogen-bond acceptors (Lipinski definition) is 7. The molecule has 0 atom stereocenters. The maximum absolute atomic E-state index is 11.8. The molecule has 24 heavy (non-hydrogen) atoms. The number of hydrogen-bond donors (Lipinski definition) is 1. The van der Waals surface area contributed by atoms with Crippen LogP contribution < -0.4 is 10.1 Å². The third kappa shape index (κ3) is 3.70. The van der Waals surface area contributed by atoms with Crippen LogP contribution in [-0.4, -0.2) is 21.2 Å². The number of carbonyl (C=O) groups excluding carboxylic acids is 1. The van der Waals surface area contributed by atoms with E-state index in [4.69, 9.17) is 4.74 Å². The predicted octanol–water partition coefficient (Wildman–Crippen LogP) is 3.72. The Morgan fingerprint density at radius 2 is 1.79 bits per heavy atom. The molecule has 0 radical (unpaired) electrons. The van der Waals surface area contributed by atoms with Crippen molar-refractivity contribution in [3.05, 3.63) is 64.7 Å². The van der Waals surface area contributed by atoms with Crippen molar-refractivity contribution in [1.82, 2.24) is 10.2 Å². The number of para-hydroxylation sites is 1. The zero-order valence-electron chi connectivity index (χ0n) is 12.1. The van der Waals surface area contributed by atoms with E-state index in [1.807, 2.05) is 6.07 Å². The average molecular weight is 342 g/mol. The van der Waals surface area contributed by atoms with Gasteiger partial charge in [0.05, 0.1) is 4.92 Å². The molecule has 3 aromatic rings. The third-order valence-corrected chi connectivity index (χ3v) is 3.80. The van der Waals surface area contributed by atoms with Crippen LogP contribution in [0.25, 0.3) is 10.6 Å². The molecule has 1 aromatic heterocycles. The highest BCUT2D eigenvalue weighted by molar-refractivity contribution is 7.18. The number of nitrogens with zero attached hydrogens (tertiary/aromatic N) is 3. The number of anilines is 1. The fourth-order valence-electron chi connectivity index (χ4n) is 1.82. The number of non-ortho nitro benzene ring substituents is 1. The normalized spacial score (nSPS) is 10.2. The van der Waals surface area contributed by atoms with Gasteiger partial charge in [0.15, 0.2) is 0 Å². The first kappa shape index (κ1) is 15.6. The Morgan fingerprint density at radius 1 is 1.08 bits per heavy atom. The summed E-state index contributed by atoms with van der Waals surface area (Å²) in [6.07, 6.45) is -0.674. The van der Waals surface area contributed by atoms with Crippen molar-refractivity contribution in [2.75, 3.05) is 5.32 Å². The first-order chi connectivity index (χ1) is 11.6. The first-order valence-corrected chi connectivity index (χ1v) is 7.56. The molecule has 0 saturated heterocycles. The van der Waals surface area contributed by atoms with Crippen LogP contribution >= 0.6 is 11.3 Å². The van der Waals surface area contributed by atoms with Gasteiger partial charge in [-0.05, 0) is 24.3 Å². The van der Waals surface area contributed by atoms with Crippen LogP contribution in [0.5, 0.6) is 5.75 Å². The van der Waals surface area contributed by atoms with Gasteiger partial charge >= 0.3 is 6.09 Å². The summed E-state index contributed by atoms with van der Waals surface area (Å²) in [6, 6.07) is 14.5. The van der Waals surface area contributed by atoms with E-state index in [0.717, 1.165) is 11.3 Å². The van der Waals surface area contributed by atoms with E-state index >= 15 is 0 Å². The van der Waals surface area contributed by atoms with E-state index in [2.05, 4.69) is 15.5 Å². The van der Waals surface area contributed by atoms with Crippen molar-refractivity contribution >= 4 is 28.2 Å². The molecule has 120 valence electrons. The maximum atomic E-state index is 11.8. The van der Waals surface area contributed by atoms with Crippen LogP contribution in [0, 0.1) is 10.1 Å². The van der Waals surface area contributed by atoms with E-state index in [-0.39, 0.29) is 10.8 Å². The smallest absolute Gasteiger partial charge is 0.410 e. The van der Waals surface area contributed by atoms with Crippen molar-refractivity contribution in [3.63, 3.8) is 0 Å². The molecule has 9 heteroatoms. The van der Waals surface area contributed by atoms with Crippen molar-refractivity contribution < 1.29 is 14.5 Å². The molecule has 0 spiro atoms. The van der Waals surface area contributed by atoms with Crippen molar-refractivity contribution in [3.8, 4) is 16.3 Å². The van der Waals surface area contributed by atoms with Crippen molar-refractivity contribution in [2.45, 2.75) is 0 Å². The second kappa shape index (κ2) is 6.84. The highest BCUT2D eigenvalue weighted by Gasteiger charge is 2.12. The molecule has 0 aliphatic carbocycles. The summed E-state index contributed by atoms with van der Waals surface area (Å²) >= 11 is 1.14. The van der Waals surface area contributed by atoms with Gasteiger partial charge in [-0.25, -0.2) is 4.79 Å². The lowest BCUT2D eigenvalue weighted by Crippen LogP contribution is -2.16. The minimum Gasteiger partial charge on any atom is -0.410 e. The van der Waals surface area contributed by atoms with Gasteiger partial charge in [-0.3, -0.25) is 15.4 Å². The third-order valence-electron chi connectivity index (χ3n) is 2.91. The van der Waals surface area contributed by atoms with E-state index in [1.54, 1.807) is 36.4 Å². The summed E-state index contributed by atoms with van der Waals surface area (Å²) < 4.78 is 5.09. The lowest BCUT2D eigenvalue weighted by Gasteiger charge is -2.02. The topological polar surface area (TPSA) is 107 Å². The second-order valence-electron chi connectivity index (χ2n) is 4.54. The van der Waals surface area contributed by atoms with E-state index in [0.29, 0.717) is 16.3 Å². The fourth-order valence-corrected chi connectivity index (χ4v) is 2.56. The summed E-state index contributed by atoms with van der Waals surface area (Å²) in [5, 5.41) is 21.7. The lowest BCUT2D eigenvalue weighted by atomic mass is 10.2. The van der Waals surface area contributed by atoms with Crippen LogP contribution in [0.3, 0.4) is 0 Å². The van der Waals surface area contributed by atoms with Gasteiger partial charge in [-0.1, -0.05) is 29.5 Å². The summed E-state index contributed by atoms with van der Waals surface area (Å²) in [7, 11) is 0. The van der Waals surface area contributed by atoms with Gasteiger partial charge in [0.2, 0.25) is 5.13 Å². The van der Waals surface area contributed by atoms with Crippen molar-refractivity contribution in [2.24, 2.45) is 0 Å². The highest BCUT2D eigenvalue weighted by atomic mass is 32.1. The molecule has 0 aliphatic heterocycles. The zero-order valence-corrected chi connectivity index (χ0v) is 12.9. The van der Waals surface area contributed by atoms with Gasteiger partial charge < -0.3 is 4.74 Å². The quantitative estimate of drug-likeness (QED) is 0.572. The number of rotatable bonds is 4. The number of nitro groups is 1. The Morgan fingerprint density at radius 3 is 2.46 bits per heavy atom. The summed E-state index contributed by atoms with van der Waals surface area (Å²) in [4.78, 5) is 21.9. The minimum atomic E-state index is -0.674. The fraction of sp³-hybridized carbons (Fsp3) is 0. The summed E-state index contributed by atoms with van der Waals surface area (Å²) in [5.41, 5.74) is 0.663.